The molecule has 36 heavy (non-hydrogen) atoms. The first-order chi connectivity index (χ1) is 17.3. The molecule has 0 spiro atoms. The van der Waals surface area contributed by atoms with Crippen molar-refractivity contribution >= 4 is 69.6 Å². The number of carbonyl (C=O) groups is 2. The third-order valence-corrected chi connectivity index (χ3v) is 8.20. The number of nitrogens with zero attached hydrogens (tertiary/aromatic N) is 2. The van der Waals surface area contributed by atoms with E-state index >= 15 is 0 Å². The van der Waals surface area contributed by atoms with Crippen molar-refractivity contribution in [3.05, 3.63) is 89.5 Å². The molecule has 1 aliphatic heterocycles. The maximum absolute atomic E-state index is 13.8. The van der Waals surface area contributed by atoms with Crippen LogP contribution in [0.15, 0.2) is 47.8 Å². The van der Waals surface area contributed by atoms with Gasteiger partial charge in [0.1, 0.15) is 6.54 Å². The Kier molecular flexibility index (Phi) is 9.20. The SMILES string of the molecule is COCCCN(CC(=O)N1CCc2sccc2C1c1ccc(Cl)cc1Cl)C(=O)c1ccc(Cl)cc1Cl. The summed E-state index contributed by atoms with van der Waals surface area (Å²) in [4.78, 5) is 31.8. The number of hydrogen-bond acceptors (Lipinski definition) is 4. The number of carbonyl (C=O) groups excluding carboxylic acids is 2. The molecule has 3 aromatic rings. The second kappa shape index (κ2) is 12.2. The lowest BCUT2D eigenvalue weighted by molar-refractivity contribution is -0.134. The molecule has 1 unspecified atom stereocenters. The summed E-state index contributed by atoms with van der Waals surface area (Å²) in [6.45, 7) is 1.19. The standard InChI is InChI=1S/C26H24Cl4N2O3S/c1-35-11-2-9-31(26(34)19-6-4-17(28)14-22(19)30)15-24(33)32-10-7-23-20(8-12-36-23)25(32)18-5-3-16(27)13-21(18)29/h3-6,8,12-14,25H,2,7,9-11,15H2,1H3. The summed E-state index contributed by atoms with van der Waals surface area (Å²) in [7, 11) is 1.60. The molecule has 190 valence electrons. The monoisotopic (exact) mass is 584 g/mol. The van der Waals surface area contributed by atoms with Crippen LogP contribution < -0.4 is 0 Å². The number of halogens is 4. The van der Waals surface area contributed by atoms with E-state index in [9.17, 15) is 9.59 Å². The van der Waals surface area contributed by atoms with E-state index in [0.29, 0.717) is 46.7 Å². The Labute approximate surface area is 234 Å². The van der Waals surface area contributed by atoms with Gasteiger partial charge in [-0.15, -0.1) is 11.3 Å². The van der Waals surface area contributed by atoms with Crippen molar-refractivity contribution in [2.24, 2.45) is 0 Å². The molecule has 10 heteroatoms. The van der Waals surface area contributed by atoms with Crippen molar-refractivity contribution in [3.8, 4) is 0 Å². The fourth-order valence-corrected chi connectivity index (χ4v) is 6.29. The Hall–Kier alpha value is -1.80. The minimum absolute atomic E-state index is 0.108. The summed E-state index contributed by atoms with van der Waals surface area (Å²) in [5, 5.41) is 3.71. The maximum Gasteiger partial charge on any atom is 0.255 e. The zero-order chi connectivity index (χ0) is 25.8. The minimum Gasteiger partial charge on any atom is -0.385 e. The number of hydrogen-bond donors (Lipinski definition) is 0. The van der Waals surface area contributed by atoms with Crippen LogP contribution in [0.25, 0.3) is 0 Å². The van der Waals surface area contributed by atoms with E-state index in [1.165, 1.54) is 15.8 Å². The highest BCUT2D eigenvalue weighted by Gasteiger charge is 2.35. The number of amides is 2. The molecule has 1 aromatic heterocycles. The first-order valence-corrected chi connectivity index (χ1v) is 13.7. The van der Waals surface area contributed by atoms with Gasteiger partial charge in [0.05, 0.1) is 16.6 Å². The number of thiophene rings is 1. The zero-order valence-electron chi connectivity index (χ0n) is 19.5. The first-order valence-electron chi connectivity index (χ1n) is 11.3. The largest absolute Gasteiger partial charge is 0.385 e. The van der Waals surface area contributed by atoms with Crippen LogP contribution in [0.2, 0.25) is 20.1 Å². The van der Waals surface area contributed by atoms with E-state index < -0.39 is 0 Å². The summed E-state index contributed by atoms with van der Waals surface area (Å²) in [6.07, 6.45) is 1.31. The van der Waals surface area contributed by atoms with Gasteiger partial charge in [0, 0.05) is 46.8 Å². The highest BCUT2D eigenvalue weighted by atomic mass is 35.5. The lowest BCUT2D eigenvalue weighted by Gasteiger charge is -2.38. The number of fused-ring (bicyclic) bond motifs is 1. The van der Waals surface area contributed by atoms with Crippen molar-refractivity contribution in [2.45, 2.75) is 18.9 Å². The van der Waals surface area contributed by atoms with Crippen molar-refractivity contribution in [1.29, 1.82) is 0 Å². The number of rotatable bonds is 8. The molecule has 5 nitrogen and oxygen atoms in total. The van der Waals surface area contributed by atoms with Gasteiger partial charge in [-0.3, -0.25) is 9.59 Å². The molecule has 4 rings (SSSR count). The van der Waals surface area contributed by atoms with E-state index in [2.05, 4.69) is 0 Å². The molecule has 0 radical (unpaired) electrons. The van der Waals surface area contributed by atoms with Crippen molar-refractivity contribution in [1.82, 2.24) is 9.80 Å². The summed E-state index contributed by atoms with van der Waals surface area (Å²) in [6, 6.07) is 11.7. The van der Waals surface area contributed by atoms with Gasteiger partial charge >= 0.3 is 0 Å². The molecule has 1 atom stereocenters. The van der Waals surface area contributed by atoms with Crippen molar-refractivity contribution in [3.63, 3.8) is 0 Å². The van der Waals surface area contributed by atoms with E-state index in [1.54, 1.807) is 47.6 Å². The van der Waals surface area contributed by atoms with Gasteiger partial charge in [-0.2, -0.15) is 0 Å². The lowest BCUT2D eigenvalue weighted by Crippen LogP contribution is -2.47. The molecule has 1 aliphatic rings. The van der Waals surface area contributed by atoms with E-state index in [0.717, 1.165) is 17.5 Å². The van der Waals surface area contributed by atoms with Crippen LogP contribution in [0.3, 0.4) is 0 Å². The highest BCUT2D eigenvalue weighted by Crippen LogP contribution is 2.41. The smallest absolute Gasteiger partial charge is 0.255 e. The number of benzene rings is 2. The van der Waals surface area contributed by atoms with Crippen LogP contribution in [0.1, 0.15) is 38.8 Å². The molecule has 2 amide bonds. The highest BCUT2D eigenvalue weighted by molar-refractivity contribution is 7.10. The van der Waals surface area contributed by atoms with Gasteiger partial charge in [-0.1, -0.05) is 52.5 Å². The summed E-state index contributed by atoms with van der Waals surface area (Å²) in [5.74, 6) is -0.519. The number of ether oxygens (including phenoxy) is 1. The van der Waals surface area contributed by atoms with Gasteiger partial charge in [-0.05, 0) is 65.7 Å². The van der Waals surface area contributed by atoms with Crippen LogP contribution in [0, 0.1) is 0 Å². The van der Waals surface area contributed by atoms with E-state index in [4.69, 9.17) is 51.1 Å². The fraction of sp³-hybridized carbons (Fsp3) is 0.308. The van der Waals surface area contributed by atoms with Gasteiger partial charge < -0.3 is 14.5 Å². The molecule has 0 fully saturated rings. The van der Waals surface area contributed by atoms with Crippen molar-refractivity contribution < 1.29 is 14.3 Å². The molecule has 0 bridgehead atoms. The molecular weight excluding hydrogens is 562 g/mol. The quantitative estimate of drug-likeness (QED) is 0.267. The summed E-state index contributed by atoms with van der Waals surface area (Å²) < 4.78 is 5.17. The maximum atomic E-state index is 13.8. The average Bonchev–Trinajstić information content (AvgIpc) is 3.32. The predicted octanol–water partition coefficient (Wildman–Crippen LogP) is 7.01. The fourth-order valence-electron chi connectivity index (χ4n) is 4.38. The average molecular weight is 586 g/mol. The predicted molar refractivity (Wildman–Crippen MR) is 147 cm³/mol. The second-order valence-corrected chi connectivity index (χ2v) is 11.1. The first kappa shape index (κ1) is 27.2. The van der Waals surface area contributed by atoms with Crippen LogP contribution in [0.4, 0.5) is 0 Å². The molecule has 2 heterocycles. The molecule has 0 saturated heterocycles. The third-order valence-electron chi connectivity index (χ3n) is 6.09. The van der Waals surface area contributed by atoms with Crippen LogP contribution >= 0.6 is 57.7 Å². The number of methoxy groups -OCH3 is 1. The summed E-state index contributed by atoms with van der Waals surface area (Å²) >= 11 is 26.7. The Morgan fingerprint density at radius 2 is 1.75 bits per heavy atom. The summed E-state index contributed by atoms with van der Waals surface area (Å²) in [5.41, 5.74) is 2.14. The van der Waals surface area contributed by atoms with Gasteiger partial charge in [0.2, 0.25) is 5.91 Å². The Morgan fingerprint density at radius 1 is 1.03 bits per heavy atom. The van der Waals surface area contributed by atoms with Crippen LogP contribution in [-0.4, -0.2) is 55.0 Å². The van der Waals surface area contributed by atoms with Crippen LogP contribution in [-0.2, 0) is 16.0 Å². The second-order valence-electron chi connectivity index (χ2n) is 8.40. The molecule has 0 saturated carbocycles. The van der Waals surface area contributed by atoms with E-state index in [1.807, 2.05) is 17.5 Å². The molecule has 0 aliphatic carbocycles. The Morgan fingerprint density at radius 3 is 2.44 bits per heavy atom. The Bertz CT molecular complexity index is 1270. The third kappa shape index (κ3) is 6.01. The zero-order valence-corrected chi connectivity index (χ0v) is 23.3. The molecule has 2 aromatic carbocycles. The van der Waals surface area contributed by atoms with E-state index in [-0.39, 0.29) is 29.4 Å². The van der Waals surface area contributed by atoms with Crippen LogP contribution in [0.5, 0.6) is 0 Å². The van der Waals surface area contributed by atoms with Gasteiger partial charge in [0.15, 0.2) is 0 Å². The van der Waals surface area contributed by atoms with Crippen molar-refractivity contribution in [2.75, 3.05) is 33.4 Å². The normalized spacial score (nSPS) is 15.0. The Balaban J connectivity index is 1.64. The topological polar surface area (TPSA) is 49.9 Å². The minimum atomic E-state index is -0.368. The van der Waals surface area contributed by atoms with Gasteiger partial charge in [0.25, 0.3) is 5.91 Å². The lowest BCUT2D eigenvalue weighted by atomic mass is 9.93. The van der Waals surface area contributed by atoms with Gasteiger partial charge in [-0.25, -0.2) is 0 Å². The molecule has 0 N–H and O–H groups in total. The molecular formula is C26H24Cl4N2O3S.